The molecular weight excluding hydrogens is 216 g/mol. The van der Waals surface area contributed by atoms with Crippen molar-refractivity contribution in [1.29, 1.82) is 0 Å². The highest BCUT2D eigenvalue weighted by Gasteiger charge is 1.99. The van der Waals surface area contributed by atoms with E-state index in [0.717, 1.165) is 32.6 Å². The Balaban J connectivity index is 2.33. The summed E-state index contributed by atoms with van der Waals surface area (Å²) in [5.41, 5.74) is -0.108. The first kappa shape index (κ1) is 13.7. The molecule has 0 spiro atoms. The van der Waals surface area contributed by atoms with Crippen molar-refractivity contribution in [3.8, 4) is 0 Å². The van der Waals surface area contributed by atoms with Crippen LogP contribution in [0.5, 0.6) is 0 Å². The Labute approximate surface area is 102 Å². The number of hydrogen-bond acceptors (Lipinski definition) is 4. The third-order valence-electron chi connectivity index (χ3n) is 2.71. The molecule has 1 aromatic heterocycles. The van der Waals surface area contributed by atoms with Crippen molar-refractivity contribution in [1.82, 2.24) is 14.9 Å². The van der Waals surface area contributed by atoms with E-state index in [-0.39, 0.29) is 5.56 Å². The maximum Gasteiger partial charge on any atom is 0.252 e. The molecule has 96 valence electrons. The Hall–Kier alpha value is -1.36. The normalized spacial score (nSPS) is 10.8. The summed E-state index contributed by atoms with van der Waals surface area (Å²) in [6.45, 7) is 10.2. The molecule has 0 atom stereocenters. The molecule has 1 aromatic rings. The smallest absolute Gasteiger partial charge is 0.252 e. The summed E-state index contributed by atoms with van der Waals surface area (Å²) in [5.74, 6) is 1.30. The van der Waals surface area contributed by atoms with Crippen molar-refractivity contribution in [3.63, 3.8) is 0 Å². The highest BCUT2D eigenvalue weighted by molar-refractivity contribution is 5.32. The van der Waals surface area contributed by atoms with Gasteiger partial charge in [0, 0.05) is 12.6 Å². The van der Waals surface area contributed by atoms with Crippen molar-refractivity contribution in [2.24, 2.45) is 0 Å². The highest BCUT2D eigenvalue weighted by atomic mass is 16.1. The fourth-order valence-electron chi connectivity index (χ4n) is 1.73. The topological polar surface area (TPSA) is 61.0 Å². The predicted molar refractivity (Wildman–Crippen MR) is 70.5 cm³/mol. The lowest BCUT2D eigenvalue weighted by molar-refractivity contribution is 0.303. The molecule has 1 rings (SSSR count). The van der Waals surface area contributed by atoms with E-state index in [9.17, 15) is 4.79 Å². The third kappa shape index (κ3) is 4.99. The van der Waals surface area contributed by atoms with E-state index in [1.807, 2.05) is 0 Å². The van der Waals surface area contributed by atoms with Gasteiger partial charge in [0.25, 0.3) is 5.56 Å². The number of aromatic amines is 1. The number of nitrogens with one attached hydrogen (secondary N) is 2. The first-order chi connectivity index (χ1) is 8.15. The van der Waals surface area contributed by atoms with E-state index >= 15 is 0 Å². The van der Waals surface area contributed by atoms with Crippen LogP contribution in [0.1, 0.15) is 26.1 Å². The molecule has 0 fully saturated rings. The van der Waals surface area contributed by atoms with E-state index in [1.54, 1.807) is 6.92 Å². The summed E-state index contributed by atoms with van der Waals surface area (Å²) in [4.78, 5) is 20.4. The molecule has 0 aromatic carbocycles. The summed E-state index contributed by atoms with van der Waals surface area (Å²) in [6.07, 6.45) is 1.05. The zero-order chi connectivity index (χ0) is 12.7. The molecule has 0 saturated heterocycles. The van der Waals surface area contributed by atoms with Crippen LogP contribution in [0.2, 0.25) is 0 Å². The first-order valence-electron chi connectivity index (χ1n) is 6.20. The largest absolute Gasteiger partial charge is 0.370 e. The van der Waals surface area contributed by atoms with Crippen molar-refractivity contribution in [2.45, 2.75) is 27.2 Å². The second kappa shape index (κ2) is 7.06. The second-order valence-electron chi connectivity index (χ2n) is 4.02. The van der Waals surface area contributed by atoms with Gasteiger partial charge in [-0.15, -0.1) is 0 Å². The molecule has 0 aliphatic heterocycles. The van der Waals surface area contributed by atoms with Gasteiger partial charge in [0.1, 0.15) is 11.6 Å². The number of anilines is 1. The molecule has 5 nitrogen and oxygen atoms in total. The molecule has 0 radical (unpaired) electrons. The van der Waals surface area contributed by atoms with E-state index in [0.29, 0.717) is 11.6 Å². The van der Waals surface area contributed by atoms with Crippen molar-refractivity contribution < 1.29 is 0 Å². The van der Waals surface area contributed by atoms with E-state index in [2.05, 4.69) is 34.0 Å². The minimum Gasteiger partial charge on any atom is -0.370 e. The minimum atomic E-state index is -0.108. The fourth-order valence-corrected chi connectivity index (χ4v) is 1.73. The van der Waals surface area contributed by atoms with Crippen LogP contribution < -0.4 is 10.9 Å². The lowest BCUT2D eigenvalue weighted by Crippen LogP contribution is -2.25. The first-order valence-corrected chi connectivity index (χ1v) is 6.20. The standard InChI is InChI=1S/C12H22N4O/c1-4-16(5-2)8-6-7-13-11-9-12(17)15-10(3)14-11/h9H,4-8H2,1-3H3,(H2,13,14,15,17). The number of nitrogens with zero attached hydrogens (tertiary/aromatic N) is 2. The third-order valence-corrected chi connectivity index (χ3v) is 2.71. The molecule has 17 heavy (non-hydrogen) atoms. The summed E-state index contributed by atoms with van der Waals surface area (Å²) in [7, 11) is 0. The quantitative estimate of drug-likeness (QED) is 0.701. The number of aryl methyl sites for hydroxylation is 1. The lowest BCUT2D eigenvalue weighted by Gasteiger charge is -2.17. The van der Waals surface area contributed by atoms with Gasteiger partial charge in [0.05, 0.1) is 0 Å². The Kier molecular flexibility index (Phi) is 5.69. The average molecular weight is 238 g/mol. The van der Waals surface area contributed by atoms with Gasteiger partial charge in [0.2, 0.25) is 0 Å². The van der Waals surface area contributed by atoms with Gasteiger partial charge in [0.15, 0.2) is 0 Å². The molecule has 0 aliphatic carbocycles. The molecule has 0 saturated carbocycles. The lowest BCUT2D eigenvalue weighted by atomic mass is 10.3. The maximum absolute atomic E-state index is 11.2. The van der Waals surface area contributed by atoms with E-state index in [1.165, 1.54) is 6.07 Å². The van der Waals surface area contributed by atoms with Crippen LogP contribution in [0.4, 0.5) is 5.82 Å². The van der Waals surface area contributed by atoms with Gasteiger partial charge < -0.3 is 15.2 Å². The van der Waals surface area contributed by atoms with Crippen LogP contribution in [0.25, 0.3) is 0 Å². The minimum absolute atomic E-state index is 0.108. The summed E-state index contributed by atoms with van der Waals surface area (Å²) in [6, 6.07) is 1.49. The van der Waals surface area contributed by atoms with Crippen LogP contribution in [0, 0.1) is 6.92 Å². The van der Waals surface area contributed by atoms with Gasteiger partial charge in [-0.05, 0) is 33.0 Å². The van der Waals surface area contributed by atoms with Gasteiger partial charge in [-0.2, -0.15) is 0 Å². The maximum atomic E-state index is 11.2. The number of hydrogen-bond donors (Lipinski definition) is 2. The molecule has 5 heteroatoms. The summed E-state index contributed by atoms with van der Waals surface area (Å²) < 4.78 is 0. The fraction of sp³-hybridized carbons (Fsp3) is 0.667. The van der Waals surface area contributed by atoms with Crippen LogP contribution >= 0.6 is 0 Å². The monoisotopic (exact) mass is 238 g/mol. The Morgan fingerprint density at radius 1 is 1.41 bits per heavy atom. The molecule has 0 unspecified atom stereocenters. The summed E-state index contributed by atoms with van der Waals surface area (Å²) >= 11 is 0. The number of H-pyrrole nitrogens is 1. The Morgan fingerprint density at radius 3 is 2.71 bits per heavy atom. The highest BCUT2D eigenvalue weighted by Crippen LogP contribution is 1.98. The van der Waals surface area contributed by atoms with Gasteiger partial charge in [-0.1, -0.05) is 13.8 Å². The molecule has 1 heterocycles. The number of aromatic nitrogens is 2. The number of rotatable bonds is 7. The van der Waals surface area contributed by atoms with Crippen LogP contribution in [0.15, 0.2) is 10.9 Å². The Bertz CT molecular complexity index is 384. The van der Waals surface area contributed by atoms with Gasteiger partial charge in [-0.25, -0.2) is 4.98 Å². The van der Waals surface area contributed by atoms with Crippen molar-refractivity contribution in [2.75, 3.05) is 31.5 Å². The SMILES string of the molecule is CCN(CC)CCCNc1cc(=O)[nH]c(C)n1. The molecular formula is C12H22N4O. The van der Waals surface area contributed by atoms with Gasteiger partial charge in [-0.3, -0.25) is 4.79 Å². The van der Waals surface area contributed by atoms with Crippen molar-refractivity contribution >= 4 is 5.82 Å². The summed E-state index contributed by atoms with van der Waals surface area (Å²) in [5, 5.41) is 3.17. The van der Waals surface area contributed by atoms with Crippen molar-refractivity contribution in [3.05, 3.63) is 22.2 Å². The van der Waals surface area contributed by atoms with E-state index in [4.69, 9.17) is 0 Å². The molecule has 2 N–H and O–H groups in total. The zero-order valence-corrected chi connectivity index (χ0v) is 10.9. The van der Waals surface area contributed by atoms with E-state index < -0.39 is 0 Å². The van der Waals surface area contributed by atoms with Gasteiger partial charge >= 0.3 is 0 Å². The van der Waals surface area contributed by atoms with Crippen LogP contribution in [-0.2, 0) is 0 Å². The molecule has 0 amide bonds. The van der Waals surface area contributed by atoms with Crippen LogP contribution in [0.3, 0.4) is 0 Å². The average Bonchev–Trinajstić information content (AvgIpc) is 2.28. The Morgan fingerprint density at radius 2 is 2.12 bits per heavy atom. The molecule has 0 aliphatic rings. The zero-order valence-electron chi connectivity index (χ0n) is 10.9. The van der Waals surface area contributed by atoms with Crippen LogP contribution in [-0.4, -0.2) is 41.0 Å². The molecule has 0 bridgehead atoms. The second-order valence-corrected chi connectivity index (χ2v) is 4.02. The predicted octanol–water partition coefficient (Wildman–Crippen LogP) is 1.22.